The van der Waals surface area contributed by atoms with Crippen molar-refractivity contribution in [3.05, 3.63) is 87.4 Å². The third-order valence-electron chi connectivity index (χ3n) is 3.34. The molecule has 0 heterocycles. The Kier molecular flexibility index (Phi) is 5.49. The van der Waals surface area contributed by atoms with E-state index in [1.165, 1.54) is 6.07 Å². The van der Waals surface area contributed by atoms with Crippen LogP contribution in [0.2, 0.25) is 15.1 Å². The number of carbonyl (C=O) groups excluding carboxylic acids is 1. The first-order valence-electron chi connectivity index (χ1n) is 7.31. The zero-order valence-electron chi connectivity index (χ0n) is 12.8. The standard InChI is InChI=1S/C19H12Cl3NO2/c20-13-2-6-15(7-3-13)25-16-8-4-14(5-9-16)23-19(24)12-1-10-17(21)18(22)11-12/h1-11H,(H,23,24). The minimum absolute atomic E-state index is 0.273. The van der Waals surface area contributed by atoms with Crippen LogP contribution in [0.4, 0.5) is 5.69 Å². The Bertz CT molecular complexity index is 894. The van der Waals surface area contributed by atoms with Gasteiger partial charge in [-0.3, -0.25) is 4.79 Å². The molecule has 3 rings (SSSR count). The summed E-state index contributed by atoms with van der Waals surface area (Å²) in [7, 11) is 0. The molecule has 0 fully saturated rings. The number of hydrogen-bond donors (Lipinski definition) is 1. The van der Waals surface area contributed by atoms with E-state index in [9.17, 15) is 4.79 Å². The van der Waals surface area contributed by atoms with Crippen LogP contribution in [0.25, 0.3) is 0 Å². The fourth-order valence-electron chi connectivity index (χ4n) is 2.09. The zero-order chi connectivity index (χ0) is 17.8. The molecule has 126 valence electrons. The second-order valence-corrected chi connectivity index (χ2v) is 6.41. The van der Waals surface area contributed by atoms with Crippen molar-refractivity contribution in [1.29, 1.82) is 0 Å². The van der Waals surface area contributed by atoms with Gasteiger partial charge in [0.25, 0.3) is 5.91 Å². The predicted octanol–water partition coefficient (Wildman–Crippen LogP) is 6.69. The van der Waals surface area contributed by atoms with Gasteiger partial charge < -0.3 is 10.1 Å². The summed E-state index contributed by atoms with van der Waals surface area (Å²) < 4.78 is 5.70. The van der Waals surface area contributed by atoms with Gasteiger partial charge in [0.1, 0.15) is 11.5 Å². The maximum absolute atomic E-state index is 12.2. The van der Waals surface area contributed by atoms with Crippen molar-refractivity contribution in [3.8, 4) is 11.5 Å². The average molecular weight is 393 g/mol. The van der Waals surface area contributed by atoms with Crippen LogP contribution < -0.4 is 10.1 Å². The molecule has 25 heavy (non-hydrogen) atoms. The second kappa shape index (κ2) is 7.79. The summed E-state index contributed by atoms with van der Waals surface area (Å²) >= 11 is 17.6. The molecule has 3 nitrogen and oxygen atoms in total. The van der Waals surface area contributed by atoms with E-state index in [0.29, 0.717) is 37.8 Å². The topological polar surface area (TPSA) is 38.3 Å². The highest BCUT2D eigenvalue weighted by atomic mass is 35.5. The van der Waals surface area contributed by atoms with E-state index in [1.54, 1.807) is 60.7 Å². The summed E-state index contributed by atoms with van der Waals surface area (Å²) in [4.78, 5) is 12.2. The number of rotatable bonds is 4. The van der Waals surface area contributed by atoms with E-state index in [2.05, 4.69) is 5.32 Å². The molecule has 0 bridgehead atoms. The number of anilines is 1. The lowest BCUT2D eigenvalue weighted by Gasteiger charge is -2.09. The number of ether oxygens (including phenoxy) is 1. The summed E-state index contributed by atoms with van der Waals surface area (Å²) in [5.41, 5.74) is 1.07. The molecule has 0 aromatic heterocycles. The molecule has 0 saturated heterocycles. The number of halogens is 3. The number of hydrogen-bond acceptors (Lipinski definition) is 2. The smallest absolute Gasteiger partial charge is 0.255 e. The Morgan fingerprint density at radius 3 is 1.96 bits per heavy atom. The number of benzene rings is 3. The van der Waals surface area contributed by atoms with Gasteiger partial charge in [-0.25, -0.2) is 0 Å². The predicted molar refractivity (Wildman–Crippen MR) is 102 cm³/mol. The maximum atomic E-state index is 12.2. The molecule has 0 spiro atoms. The van der Waals surface area contributed by atoms with Gasteiger partial charge in [0.15, 0.2) is 0 Å². The lowest BCUT2D eigenvalue weighted by molar-refractivity contribution is 0.102. The normalized spacial score (nSPS) is 10.4. The van der Waals surface area contributed by atoms with Crippen LogP contribution >= 0.6 is 34.8 Å². The molecule has 0 aliphatic rings. The SMILES string of the molecule is O=C(Nc1ccc(Oc2ccc(Cl)cc2)cc1)c1ccc(Cl)c(Cl)c1. The number of nitrogens with one attached hydrogen (secondary N) is 1. The van der Waals surface area contributed by atoms with Crippen molar-refractivity contribution >= 4 is 46.4 Å². The molecule has 0 unspecified atom stereocenters. The molecule has 3 aromatic rings. The Labute approximate surface area is 160 Å². The molecule has 0 radical (unpaired) electrons. The van der Waals surface area contributed by atoms with Crippen molar-refractivity contribution in [2.45, 2.75) is 0 Å². The minimum Gasteiger partial charge on any atom is -0.457 e. The van der Waals surface area contributed by atoms with E-state index < -0.39 is 0 Å². The molecule has 0 saturated carbocycles. The Hall–Kier alpha value is -2.20. The zero-order valence-corrected chi connectivity index (χ0v) is 15.1. The highest BCUT2D eigenvalue weighted by Gasteiger charge is 2.08. The second-order valence-electron chi connectivity index (χ2n) is 5.16. The van der Waals surface area contributed by atoms with Gasteiger partial charge in [0, 0.05) is 16.3 Å². The van der Waals surface area contributed by atoms with Crippen molar-refractivity contribution in [1.82, 2.24) is 0 Å². The van der Waals surface area contributed by atoms with Crippen LogP contribution in [0, 0.1) is 0 Å². The van der Waals surface area contributed by atoms with Gasteiger partial charge in [-0.05, 0) is 66.7 Å². The van der Waals surface area contributed by atoms with Crippen molar-refractivity contribution in [2.75, 3.05) is 5.32 Å². The monoisotopic (exact) mass is 391 g/mol. The molecular formula is C19H12Cl3NO2. The first-order valence-corrected chi connectivity index (χ1v) is 8.44. The summed E-state index contributed by atoms with van der Waals surface area (Å²) in [6.45, 7) is 0. The first kappa shape index (κ1) is 17.6. The quantitative estimate of drug-likeness (QED) is 0.537. The molecule has 6 heteroatoms. The lowest BCUT2D eigenvalue weighted by Crippen LogP contribution is -2.11. The molecule has 0 atom stereocenters. The lowest BCUT2D eigenvalue weighted by atomic mass is 10.2. The van der Waals surface area contributed by atoms with Crippen molar-refractivity contribution < 1.29 is 9.53 Å². The number of amides is 1. The third-order valence-corrected chi connectivity index (χ3v) is 4.33. The van der Waals surface area contributed by atoms with Gasteiger partial charge in [0.05, 0.1) is 10.0 Å². The Balaban J connectivity index is 1.66. The van der Waals surface area contributed by atoms with Crippen molar-refractivity contribution in [3.63, 3.8) is 0 Å². The largest absolute Gasteiger partial charge is 0.457 e. The molecular weight excluding hydrogens is 381 g/mol. The van der Waals surface area contributed by atoms with Crippen LogP contribution in [0.5, 0.6) is 11.5 Å². The highest BCUT2D eigenvalue weighted by Crippen LogP contribution is 2.25. The minimum atomic E-state index is -0.273. The Morgan fingerprint density at radius 1 is 0.760 bits per heavy atom. The highest BCUT2D eigenvalue weighted by molar-refractivity contribution is 6.42. The van der Waals surface area contributed by atoms with Gasteiger partial charge in [0.2, 0.25) is 0 Å². The van der Waals surface area contributed by atoms with Gasteiger partial charge in [-0.2, -0.15) is 0 Å². The van der Waals surface area contributed by atoms with E-state index >= 15 is 0 Å². The Morgan fingerprint density at radius 2 is 1.36 bits per heavy atom. The summed E-state index contributed by atoms with van der Waals surface area (Å²) in [6, 6.07) is 18.8. The molecule has 0 aliphatic heterocycles. The summed E-state index contributed by atoms with van der Waals surface area (Å²) in [5, 5.41) is 4.17. The van der Waals surface area contributed by atoms with Crippen molar-refractivity contribution in [2.24, 2.45) is 0 Å². The molecule has 3 aromatic carbocycles. The van der Waals surface area contributed by atoms with E-state index in [0.717, 1.165) is 0 Å². The summed E-state index contributed by atoms with van der Waals surface area (Å²) in [6.07, 6.45) is 0. The molecule has 1 amide bonds. The van der Waals surface area contributed by atoms with Gasteiger partial charge in [-0.15, -0.1) is 0 Å². The molecule has 0 aliphatic carbocycles. The third kappa shape index (κ3) is 4.67. The van der Waals surface area contributed by atoms with Crippen LogP contribution in [0.15, 0.2) is 66.7 Å². The van der Waals surface area contributed by atoms with Crippen LogP contribution in [-0.4, -0.2) is 5.91 Å². The number of carbonyl (C=O) groups is 1. The summed E-state index contributed by atoms with van der Waals surface area (Å²) in [5.74, 6) is 1.05. The van der Waals surface area contributed by atoms with Crippen LogP contribution in [0.1, 0.15) is 10.4 Å². The van der Waals surface area contributed by atoms with Gasteiger partial charge in [-0.1, -0.05) is 34.8 Å². The van der Waals surface area contributed by atoms with E-state index in [4.69, 9.17) is 39.5 Å². The van der Waals surface area contributed by atoms with Crippen LogP contribution in [0.3, 0.4) is 0 Å². The molecule has 1 N–H and O–H groups in total. The fourth-order valence-corrected chi connectivity index (χ4v) is 2.51. The average Bonchev–Trinajstić information content (AvgIpc) is 2.61. The van der Waals surface area contributed by atoms with E-state index in [-0.39, 0.29) is 5.91 Å². The van der Waals surface area contributed by atoms with Crippen LogP contribution in [-0.2, 0) is 0 Å². The van der Waals surface area contributed by atoms with Gasteiger partial charge >= 0.3 is 0 Å². The van der Waals surface area contributed by atoms with E-state index in [1.807, 2.05) is 0 Å². The maximum Gasteiger partial charge on any atom is 0.255 e. The first-order chi connectivity index (χ1) is 12.0. The fraction of sp³-hybridized carbons (Fsp3) is 0.